The topological polar surface area (TPSA) is 154 Å². The van der Waals surface area contributed by atoms with Crippen LogP contribution in [0.5, 0.6) is 0 Å². The summed E-state index contributed by atoms with van der Waals surface area (Å²) in [7, 11) is -4.26. The second kappa shape index (κ2) is 12.8. The number of sulfonamides is 1. The molecule has 234 valence electrons. The van der Waals surface area contributed by atoms with Crippen molar-refractivity contribution in [3.05, 3.63) is 66.2 Å². The molecule has 2 fully saturated rings. The average Bonchev–Trinajstić information content (AvgIpc) is 3.53. The standard InChI is InChI=1S/C32H39N5O6S/c1-21-17-27(37(20-21)30(40)23-11-10-13-25(18-23)34-22(2)38)29(39)35-32-19-24(32)12-6-4-3-5-9-16-33-26-14-7-8-15-28(26)44(42,43)36-31(32)41/h6-8,10-15,18,21,24,27,33H,3-5,9,16-17,19-20H2,1-2H3,(H,34,38)(H,35,39)(H,36,41)/b12-6-/t21-,24-,27+,32-/m1/s1. The minimum atomic E-state index is -4.26. The molecule has 4 N–H and O–H groups in total. The number of likely N-dealkylation sites (tertiary alicyclic amines) is 1. The third-order valence-electron chi connectivity index (χ3n) is 8.40. The van der Waals surface area contributed by atoms with Crippen LogP contribution in [0.3, 0.4) is 0 Å². The number of hydrogen-bond donors (Lipinski definition) is 4. The predicted octanol–water partition coefficient (Wildman–Crippen LogP) is 3.42. The lowest BCUT2D eigenvalue weighted by Crippen LogP contribution is -2.56. The monoisotopic (exact) mass is 621 g/mol. The van der Waals surface area contributed by atoms with Gasteiger partial charge in [0, 0.05) is 37.2 Å². The van der Waals surface area contributed by atoms with Crippen molar-refractivity contribution in [3.63, 3.8) is 0 Å². The molecule has 0 unspecified atom stereocenters. The largest absolute Gasteiger partial charge is 0.384 e. The first kappa shape index (κ1) is 31.2. The summed E-state index contributed by atoms with van der Waals surface area (Å²) in [4.78, 5) is 54.2. The van der Waals surface area contributed by atoms with Gasteiger partial charge >= 0.3 is 0 Å². The Balaban J connectivity index is 1.39. The molecule has 4 amide bonds. The van der Waals surface area contributed by atoms with Crippen molar-refractivity contribution < 1.29 is 27.6 Å². The molecule has 1 saturated carbocycles. The van der Waals surface area contributed by atoms with Gasteiger partial charge in [0.2, 0.25) is 11.8 Å². The molecule has 1 aliphatic carbocycles. The van der Waals surface area contributed by atoms with Crippen LogP contribution in [0.25, 0.3) is 0 Å². The van der Waals surface area contributed by atoms with E-state index < -0.39 is 39.3 Å². The van der Waals surface area contributed by atoms with Gasteiger partial charge in [-0.1, -0.05) is 43.7 Å². The molecule has 0 radical (unpaired) electrons. The van der Waals surface area contributed by atoms with Crippen LogP contribution in [-0.4, -0.2) is 61.6 Å². The van der Waals surface area contributed by atoms with Crippen LogP contribution in [0.2, 0.25) is 0 Å². The zero-order chi connectivity index (χ0) is 31.5. The summed E-state index contributed by atoms with van der Waals surface area (Å²) in [5.74, 6) is -2.33. The number of fused-ring (bicyclic) bond motifs is 2. The van der Waals surface area contributed by atoms with Gasteiger partial charge in [-0.05, 0) is 68.4 Å². The van der Waals surface area contributed by atoms with E-state index in [1.165, 1.54) is 17.9 Å². The van der Waals surface area contributed by atoms with Crippen molar-refractivity contribution in [2.24, 2.45) is 11.8 Å². The number of nitrogens with one attached hydrogen (secondary N) is 4. The molecule has 2 heterocycles. The highest BCUT2D eigenvalue weighted by Crippen LogP contribution is 2.46. The molecule has 0 bridgehead atoms. The third-order valence-corrected chi connectivity index (χ3v) is 9.79. The molecule has 3 aliphatic rings. The fourth-order valence-electron chi connectivity index (χ4n) is 6.07. The van der Waals surface area contributed by atoms with Crippen molar-refractivity contribution in [3.8, 4) is 0 Å². The number of rotatable bonds is 4. The lowest BCUT2D eigenvalue weighted by molar-refractivity contribution is -0.131. The molecule has 12 heteroatoms. The highest BCUT2D eigenvalue weighted by atomic mass is 32.2. The highest BCUT2D eigenvalue weighted by molar-refractivity contribution is 7.90. The molecule has 1 saturated heterocycles. The van der Waals surface area contributed by atoms with Gasteiger partial charge in [-0.15, -0.1) is 0 Å². The van der Waals surface area contributed by atoms with Crippen LogP contribution >= 0.6 is 0 Å². The van der Waals surface area contributed by atoms with E-state index in [0.29, 0.717) is 36.4 Å². The highest BCUT2D eigenvalue weighted by Gasteiger charge is 2.61. The summed E-state index contributed by atoms with van der Waals surface area (Å²) in [5, 5.41) is 8.71. The van der Waals surface area contributed by atoms with E-state index in [2.05, 4.69) is 20.7 Å². The molecule has 0 spiro atoms. The van der Waals surface area contributed by atoms with Crippen LogP contribution in [0, 0.1) is 11.8 Å². The summed E-state index contributed by atoms with van der Waals surface area (Å²) in [5.41, 5.74) is -0.274. The normalized spacial score (nSPS) is 27.2. The van der Waals surface area contributed by atoms with Gasteiger partial charge in [0.25, 0.3) is 21.8 Å². The Kier molecular flexibility index (Phi) is 9.10. The van der Waals surface area contributed by atoms with Crippen LogP contribution < -0.4 is 20.7 Å². The first-order chi connectivity index (χ1) is 21.0. The molecule has 4 atom stereocenters. The third kappa shape index (κ3) is 6.80. The van der Waals surface area contributed by atoms with Crippen molar-refractivity contribution in [1.29, 1.82) is 0 Å². The van der Waals surface area contributed by atoms with Crippen LogP contribution in [-0.2, 0) is 24.4 Å². The number of anilines is 2. The molecule has 0 aromatic heterocycles. The SMILES string of the molecule is CC(=O)Nc1cccc(C(=O)N2C[C@H](C)C[C@H]2C(=O)N[C@]23C[C@H]2/C=C\CCCCCNc2ccccc2S(=O)(=O)NC3=O)c1. The number of amides is 4. The number of hydrogen-bond acceptors (Lipinski definition) is 7. The fourth-order valence-corrected chi connectivity index (χ4v) is 7.29. The molecule has 44 heavy (non-hydrogen) atoms. The lowest BCUT2D eigenvalue weighted by atomic mass is 10.1. The van der Waals surface area contributed by atoms with E-state index in [4.69, 9.17) is 0 Å². The molecule has 2 aromatic carbocycles. The Morgan fingerprint density at radius 1 is 1.05 bits per heavy atom. The molecule has 2 aliphatic heterocycles. The minimum Gasteiger partial charge on any atom is -0.384 e. The molecular formula is C32H39N5O6S. The van der Waals surface area contributed by atoms with Crippen LogP contribution in [0.1, 0.15) is 62.7 Å². The van der Waals surface area contributed by atoms with Gasteiger partial charge in [0.15, 0.2) is 0 Å². The number of nitrogens with zero attached hydrogens (tertiary/aromatic N) is 1. The maximum atomic E-state index is 13.9. The predicted molar refractivity (Wildman–Crippen MR) is 166 cm³/mol. The van der Waals surface area contributed by atoms with Gasteiger partial charge in [0.05, 0.1) is 5.69 Å². The van der Waals surface area contributed by atoms with Crippen molar-refractivity contribution in [1.82, 2.24) is 14.9 Å². The second-order valence-corrected chi connectivity index (χ2v) is 13.6. The maximum Gasteiger partial charge on any atom is 0.266 e. The summed E-state index contributed by atoms with van der Waals surface area (Å²) < 4.78 is 29.1. The smallest absolute Gasteiger partial charge is 0.266 e. The van der Waals surface area contributed by atoms with Crippen LogP contribution in [0.15, 0.2) is 65.6 Å². The quantitative estimate of drug-likeness (QED) is 0.382. The molecule has 5 rings (SSSR count). The Morgan fingerprint density at radius 2 is 1.84 bits per heavy atom. The van der Waals surface area contributed by atoms with Gasteiger partial charge in [-0.3, -0.25) is 19.2 Å². The Bertz CT molecular complexity index is 1590. The lowest BCUT2D eigenvalue weighted by Gasteiger charge is -2.27. The van der Waals surface area contributed by atoms with Gasteiger partial charge < -0.3 is 20.9 Å². The van der Waals surface area contributed by atoms with E-state index in [0.717, 1.165) is 25.7 Å². The van der Waals surface area contributed by atoms with E-state index in [1.807, 2.05) is 19.1 Å². The van der Waals surface area contributed by atoms with E-state index in [-0.39, 0.29) is 29.0 Å². The Morgan fingerprint density at radius 3 is 2.64 bits per heavy atom. The van der Waals surface area contributed by atoms with Crippen molar-refractivity contribution in [2.75, 3.05) is 23.7 Å². The minimum absolute atomic E-state index is 0.0201. The second-order valence-electron chi connectivity index (χ2n) is 12.0. The van der Waals surface area contributed by atoms with Gasteiger partial charge in [-0.25, -0.2) is 13.1 Å². The summed E-state index contributed by atoms with van der Waals surface area (Å²) in [6.45, 7) is 4.25. The summed E-state index contributed by atoms with van der Waals surface area (Å²) in [6, 6.07) is 12.1. The Hall–Kier alpha value is -4.19. The zero-order valence-corrected chi connectivity index (χ0v) is 25.8. The fraction of sp³-hybridized carbons (Fsp3) is 0.438. The summed E-state index contributed by atoms with van der Waals surface area (Å²) in [6.07, 6.45) is 8.05. The number of carbonyl (C=O) groups excluding carboxylic acids is 4. The number of benzene rings is 2. The van der Waals surface area contributed by atoms with E-state index in [1.54, 1.807) is 42.5 Å². The first-order valence-electron chi connectivity index (χ1n) is 15.1. The van der Waals surface area contributed by atoms with Crippen molar-refractivity contribution in [2.45, 2.75) is 68.8 Å². The van der Waals surface area contributed by atoms with Gasteiger partial charge in [-0.2, -0.15) is 0 Å². The number of carbonyl (C=O) groups is 4. The molecule has 11 nitrogen and oxygen atoms in total. The Labute approximate surface area is 257 Å². The average molecular weight is 622 g/mol. The first-order valence-corrected chi connectivity index (χ1v) is 16.6. The van der Waals surface area contributed by atoms with E-state index >= 15 is 0 Å². The number of para-hydroxylation sites is 1. The van der Waals surface area contributed by atoms with Crippen LogP contribution in [0.4, 0.5) is 11.4 Å². The van der Waals surface area contributed by atoms with Gasteiger partial charge in [0.1, 0.15) is 16.5 Å². The zero-order valence-electron chi connectivity index (χ0n) is 25.0. The maximum absolute atomic E-state index is 13.9. The van der Waals surface area contributed by atoms with Crippen molar-refractivity contribution >= 4 is 45.0 Å². The molecule has 2 aromatic rings. The molecular weight excluding hydrogens is 582 g/mol. The summed E-state index contributed by atoms with van der Waals surface area (Å²) >= 11 is 0. The number of allylic oxidation sites excluding steroid dienone is 1. The van der Waals surface area contributed by atoms with E-state index in [9.17, 15) is 27.6 Å².